The third-order valence-electron chi connectivity index (χ3n) is 2.45. The maximum atomic E-state index is 11.7. The lowest BCUT2D eigenvalue weighted by molar-refractivity contribution is -0.121. The quantitative estimate of drug-likeness (QED) is 0.923. The predicted octanol–water partition coefficient (Wildman–Crippen LogP) is 2.47. The number of rotatable bonds is 4. The second-order valence-corrected chi connectivity index (χ2v) is 4.79. The zero-order valence-electron chi connectivity index (χ0n) is 10.9. The standard InChI is InChI=1S/C13H16ClNO4/c1-8(2)19-7-13(16)15-10-6-12-11(5-9(10)14)17-3-4-18-12/h5-6,8H,3-4,7H2,1-2H3,(H,15,16). The molecule has 0 saturated carbocycles. The first-order valence-corrected chi connectivity index (χ1v) is 6.44. The van der Waals surface area contributed by atoms with Crippen LogP contribution < -0.4 is 14.8 Å². The topological polar surface area (TPSA) is 56.8 Å². The Labute approximate surface area is 116 Å². The fourth-order valence-corrected chi connectivity index (χ4v) is 1.79. The SMILES string of the molecule is CC(C)OCC(=O)Nc1cc2c(cc1Cl)OCCO2. The van der Waals surface area contributed by atoms with E-state index in [1.807, 2.05) is 13.8 Å². The van der Waals surface area contributed by atoms with Gasteiger partial charge in [-0.05, 0) is 13.8 Å². The molecule has 0 fully saturated rings. The Kier molecular flexibility index (Phi) is 4.50. The molecule has 6 heteroatoms. The molecule has 0 aliphatic carbocycles. The van der Waals surface area contributed by atoms with Gasteiger partial charge >= 0.3 is 0 Å². The van der Waals surface area contributed by atoms with Crippen LogP contribution in [0.1, 0.15) is 13.8 Å². The Morgan fingerprint density at radius 2 is 2.00 bits per heavy atom. The van der Waals surface area contributed by atoms with Crippen LogP contribution in [-0.2, 0) is 9.53 Å². The van der Waals surface area contributed by atoms with Crippen molar-refractivity contribution in [1.82, 2.24) is 0 Å². The molecule has 1 N–H and O–H groups in total. The smallest absolute Gasteiger partial charge is 0.250 e. The van der Waals surface area contributed by atoms with Gasteiger partial charge in [0, 0.05) is 12.1 Å². The molecular formula is C13H16ClNO4. The van der Waals surface area contributed by atoms with Crippen molar-refractivity contribution in [3.05, 3.63) is 17.2 Å². The highest BCUT2D eigenvalue weighted by molar-refractivity contribution is 6.34. The molecule has 0 unspecified atom stereocenters. The number of nitrogens with one attached hydrogen (secondary N) is 1. The van der Waals surface area contributed by atoms with Crippen LogP contribution in [0.4, 0.5) is 5.69 Å². The van der Waals surface area contributed by atoms with Gasteiger partial charge in [0.2, 0.25) is 5.91 Å². The fraction of sp³-hybridized carbons (Fsp3) is 0.462. The van der Waals surface area contributed by atoms with E-state index in [4.69, 9.17) is 25.8 Å². The van der Waals surface area contributed by atoms with Gasteiger partial charge in [-0.3, -0.25) is 4.79 Å². The molecule has 104 valence electrons. The molecule has 0 atom stereocenters. The summed E-state index contributed by atoms with van der Waals surface area (Å²) in [7, 11) is 0. The van der Waals surface area contributed by atoms with Gasteiger partial charge in [-0.1, -0.05) is 11.6 Å². The number of anilines is 1. The van der Waals surface area contributed by atoms with Crippen LogP contribution in [0.25, 0.3) is 0 Å². The molecule has 1 heterocycles. The average Bonchev–Trinajstić information content (AvgIpc) is 2.37. The maximum Gasteiger partial charge on any atom is 0.250 e. The van der Waals surface area contributed by atoms with E-state index < -0.39 is 0 Å². The van der Waals surface area contributed by atoms with Crippen molar-refractivity contribution < 1.29 is 19.0 Å². The Morgan fingerprint density at radius 3 is 2.63 bits per heavy atom. The number of ether oxygens (including phenoxy) is 3. The number of carbonyl (C=O) groups is 1. The molecular weight excluding hydrogens is 270 g/mol. The highest BCUT2D eigenvalue weighted by Crippen LogP contribution is 2.37. The number of carbonyl (C=O) groups excluding carboxylic acids is 1. The lowest BCUT2D eigenvalue weighted by Crippen LogP contribution is -2.21. The highest BCUT2D eigenvalue weighted by Gasteiger charge is 2.16. The van der Waals surface area contributed by atoms with Crippen LogP contribution in [-0.4, -0.2) is 31.8 Å². The van der Waals surface area contributed by atoms with Gasteiger partial charge in [0.25, 0.3) is 0 Å². The van der Waals surface area contributed by atoms with Crippen molar-refractivity contribution in [2.45, 2.75) is 20.0 Å². The minimum absolute atomic E-state index is 0.00138. The summed E-state index contributed by atoms with van der Waals surface area (Å²) in [5.74, 6) is 0.913. The molecule has 0 spiro atoms. The van der Waals surface area contributed by atoms with Gasteiger partial charge in [0.05, 0.1) is 16.8 Å². The van der Waals surface area contributed by atoms with Crippen molar-refractivity contribution in [2.75, 3.05) is 25.1 Å². The number of benzene rings is 1. The van der Waals surface area contributed by atoms with Crippen LogP contribution in [0, 0.1) is 0 Å². The van der Waals surface area contributed by atoms with Crippen LogP contribution in [0.5, 0.6) is 11.5 Å². The van der Waals surface area contributed by atoms with Crippen molar-refractivity contribution in [3.63, 3.8) is 0 Å². The van der Waals surface area contributed by atoms with E-state index in [1.165, 1.54) is 0 Å². The molecule has 0 radical (unpaired) electrons. The summed E-state index contributed by atoms with van der Waals surface area (Å²) in [6.45, 7) is 4.70. The third-order valence-corrected chi connectivity index (χ3v) is 2.77. The van der Waals surface area contributed by atoms with Gasteiger partial charge in [-0.2, -0.15) is 0 Å². The first-order valence-electron chi connectivity index (χ1n) is 6.07. The normalized spacial score (nSPS) is 13.5. The zero-order valence-corrected chi connectivity index (χ0v) is 11.6. The number of hydrogen-bond donors (Lipinski definition) is 1. The second kappa shape index (κ2) is 6.12. The largest absolute Gasteiger partial charge is 0.486 e. The summed E-state index contributed by atoms with van der Waals surface area (Å²) < 4.78 is 16.0. The van der Waals surface area contributed by atoms with E-state index in [1.54, 1.807) is 12.1 Å². The molecule has 19 heavy (non-hydrogen) atoms. The molecule has 0 saturated heterocycles. The lowest BCUT2D eigenvalue weighted by atomic mass is 10.2. The van der Waals surface area contributed by atoms with Gasteiger partial charge in [-0.15, -0.1) is 0 Å². The van der Waals surface area contributed by atoms with Gasteiger partial charge in [-0.25, -0.2) is 0 Å². The minimum atomic E-state index is -0.257. The Morgan fingerprint density at radius 1 is 1.37 bits per heavy atom. The van der Waals surface area contributed by atoms with Crippen LogP contribution >= 0.6 is 11.6 Å². The van der Waals surface area contributed by atoms with Gasteiger partial charge < -0.3 is 19.5 Å². The molecule has 1 amide bonds. The summed E-state index contributed by atoms with van der Waals surface area (Å²) in [5, 5.41) is 3.09. The van der Waals surface area contributed by atoms with Crippen molar-refractivity contribution >= 4 is 23.2 Å². The lowest BCUT2D eigenvalue weighted by Gasteiger charge is -2.20. The van der Waals surface area contributed by atoms with E-state index >= 15 is 0 Å². The summed E-state index contributed by atoms with van der Waals surface area (Å²) in [4.78, 5) is 11.7. The van der Waals surface area contributed by atoms with E-state index in [0.717, 1.165) is 0 Å². The fourth-order valence-electron chi connectivity index (χ4n) is 1.59. The summed E-state index contributed by atoms with van der Waals surface area (Å²) >= 11 is 6.08. The summed E-state index contributed by atoms with van der Waals surface area (Å²) in [5.41, 5.74) is 0.489. The molecule has 1 aliphatic rings. The first kappa shape index (κ1) is 14.0. The molecule has 1 aromatic rings. The van der Waals surface area contributed by atoms with Crippen LogP contribution in [0.15, 0.2) is 12.1 Å². The Bertz CT molecular complexity index is 476. The second-order valence-electron chi connectivity index (χ2n) is 4.38. The van der Waals surface area contributed by atoms with E-state index in [-0.39, 0.29) is 18.6 Å². The Balaban J connectivity index is 2.05. The molecule has 1 aromatic carbocycles. The monoisotopic (exact) mass is 285 g/mol. The van der Waals surface area contributed by atoms with Crippen molar-refractivity contribution in [2.24, 2.45) is 0 Å². The van der Waals surface area contributed by atoms with Crippen molar-refractivity contribution in [1.29, 1.82) is 0 Å². The van der Waals surface area contributed by atoms with E-state index in [9.17, 15) is 4.79 Å². The molecule has 0 bridgehead atoms. The van der Waals surface area contributed by atoms with Crippen LogP contribution in [0.2, 0.25) is 5.02 Å². The molecule has 2 rings (SSSR count). The highest BCUT2D eigenvalue weighted by atomic mass is 35.5. The number of halogens is 1. The van der Waals surface area contributed by atoms with E-state index in [2.05, 4.69) is 5.32 Å². The summed E-state index contributed by atoms with van der Waals surface area (Å²) in [6.07, 6.45) is 0.00138. The van der Waals surface area contributed by atoms with Gasteiger partial charge in [0.15, 0.2) is 11.5 Å². The molecule has 0 aromatic heterocycles. The van der Waals surface area contributed by atoms with Crippen molar-refractivity contribution in [3.8, 4) is 11.5 Å². The van der Waals surface area contributed by atoms with E-state index in [0.29, 0.717) is 35.4 Å². The summed E-state index contributed by atoms with van der Waals surface area (Å²) in [6, 6.07) is 3.29. The number of fused-ring (bicyclic) bond motifs is 1. The van der Waals surface area contributed by atoms with Gasteiger partial charge in [0.1, 0.15) is 19.8 Å². The molecule has 1 aliphatic heterocycles. The predicted molar refractivity (Wildman–Crippen MR) is 72.2 cm³/mol. The molecule has 5 nitrogen and oxygen atoms in total. The third kappa shape index (κ3) is 3.75. The maximum absolute atomic E-state index is 11.7. The number of amides is 1. The first-order chi connectivity index (χ1) is 9.06. The Hall–Kier alpha value is -1.46. The minimum Gasteiger partial charge on any atom is -0.486 e. The van der Waals surface area contributed by atoms with Crippen LogP contribution in [0.3, 0.4) is 0 Å². The average molecular weight is 286 g/mol. The number of hydrogen-bond acceptors (Lipinski definition) is 4. The zero-order chi connectivity index (χ0) is 13.8.